The van der Waals surface area contributed by atoms with E-state index in [1.54, 1.807) is 12.6 Å². The minimum absolute atomic E-state index is 0.0477. The number of amides is 2. The Labute approximate surface area is 204 Å². The van der Waals surface area contributed by atoms with Crippen molar-refractivity contribution in [2.24, 2.45) is 0 Å². The Morgan fingerprint density at radius 3 is 2.60 bits per heavy atom. The zero-order chi connectivity index (χ0) is 24.6. The molecule has 0 saturated heterocycles. The summed E-state index contributed by atoms with van der Waals surface area (Å²) in [6, 6.07) is 22.1. The van der Waals surface area contributed by atoms with Crippen molar-refractivity contribution in [3.63, 3.8) is 0 Å². The number of unbranched alkanes of at least 4 members (excludes halogenated alkanes) is 2. The number of hydrogen-bond donors (Lipinski definition) is 3. The largest absolute Gasteiger partial charge is 0.497 e. The molecule has 0 atom stereocenters. The fraction of sp³-hybridized carbons (Fsp3) is 0.286. The summed E-state index contributed by atoms with van der Waals surface area (Å²) in [4.78, 5) is 29.9. The molecule has 35 heavy (non-hydrogen) atoms. The number of carbonyl (C=O) groups is 2. The molecule has 3 aromatic carbocycles. The van der Waals surface area contributed by atoms with Crippen LogP contribution in [0.2, 0.25) is 0 Å². The number of aromatic amines is 1. The lowest BCUT2D eigenvalue weighted by Crippen LogP contribution is -2.34. The topological polar surface area (TPSA) is 94.7 Å². The van der Waals surface area contributed by atoms with E-state index in [2.05, 4.69) is 35.3 Å². The number of H-pyrrole nitrogens is 1. The van der Waals surface area contributed by atoms with E-state index in [1.807, 2.05) is 41.3 Å². The summed E-state index contributed by atoms with van der Waals surface area (Å²) in [7, 11) is 1.62. The van der Waals surface area contributed by atoms with E-state index < -0.39 is 0 Å². The Morgan fingerprint density at radius 2 is 1.77 bits per heavy atom. The summed E-state index contributed by atoms with van der Waals surface area (Å²) in [6.07, 6.45) is 3.23. The maximum Gasteiger partial charge on any atom is 0.270 e. The first-order valence-electron chi connectivity index (χ1n) is 11.9. The van der Waals surface area contributed by atoms with Gasteiger partial charge in [0, 0.05) is 30.4 Å². The molecule has 0 fully saturated rings. The fourth-order valence-corrected chi connectivity index (χ4v) is 4.42. The lowest BCUT2D eigenvalue weighted by Gasteiger charge is -2.23. The summed E-state index contributed by atoms with van der Waals surface area (Å²) in [5.74, 6) is 0.311. The van der Waals surface area contributed by atoms with E-state index >= 15 is 0 Å². The highest BCUT2D eigenvalue weighted by molar-refractivity contribution is 5.98. The number of fused-ring (bicyclic) bond motifs is 2. The molecule has 3 N–H and O–H groups in total. The van der Waals surface area contributed by atoms with Gasteiger partial charge in [0.1, 0.15) is 11.4 Å². The van der Waals surface area contributed by atoms with Crippen LogP contribution in [0.15, 0.2) is 66.7 Å². The van der Waals surface area contributed by atoms with Gasteiger partial charge >= 0.3 is 0 Å². The third-order valence-electron chi connectivity index (χ3n) is 6.33. The highest BCUT2D eigenvalue weighted by atomic mass is 16.5. The molecule has 0 radical (unpaired) electrons. The van der Waals surface area contributed by atoms with Gasteiger partial charge < -0.3 is 14.6 Å². The number of aromatic nitrogens is 1. The van der Waals surface area contributed by atoms with Crippen molar-refractivity contribution in [2.45, 2.75) is 32.1 Å². The number of benzene rings is 3. The Balaban J connectivity index is 1.50. The lowest BCUT2D eigenvalue weighted by molar-refractivity contribution is -0.129. The van der Waals surface area contributed by atoms with Gasteiger partial charge in [-0.15, -0.1) is 0 Å². The zero-order valence-electron chi connectivity index (χ0n) is 19.9. The molecule has 4 aromatic rings. The first kappa shape index (κ1) is 24.3. The number of hydrogen-bond acceptors (Lipinski definition) is 4. The fourth-order valence-electron chi connectivity index (χ4n) is 4.42. The van der Waals surface area contributed by atoms with Crippen molar-refractivity contribution < 1.29 is 19.5 Å². The smallest absolute Gasteiger partial charge is 0.270 e. The first-order valence-corrected chi connectivity index (χ1v) is 11.9. The quantitative estimate of drug-likeness (QED) is 0.161. The summed E-state index contributed by atoms with van der Waals surface area (Å²) in [6.45, 7) is 1.17. The molecular formula is C28H31N3O4. The minimum atomic E-state index is -0.387. The molecule has 0 aliphatic rings. The van der Waals surface area contributed by atoms with Gasteiger partial charge in [0.25, 0.3) is 5.91 Å². The average Bonchev–Trinajstić information content (AvgIpc) is 3.33. The van der Waals surface area contributed by atoms with Crippen LogP contribution < -0.4 is 10.2 Å². The molecule has 182 valence electrons. The van der Waals surface area contributed by atoms with Crippen molar-refractivity contribution in [1.82, 2.24) is 15.4 Å². The predicted molar refractivity (Wildman–Crippen MR) is 137 cm³/mol. The number of nitrogens with zero attached hydrogens (tertiary/aromatic N) is 1. The lowest BCUT2D eigenvalue weighted by atomic mass is 10.0. The third-order valence-corrected chi connectivity index (χ3v) is 6.33. The van der Waals surface area contributed by atoms with Gasteiger partial charge in [0.2, 0.25) is 5.91 Å². The standard InChI is InChI=1S/C28H31N3O4/c1-35-23-13-14-25-22(18-23)19-26(29-25)28(33)31(16-6-2-3-12-27(32)30-34)17-15-21-10-7-9-20-8-4-5-11-24(20)21/h4-5,7-11,13-14,18-19,29,34H,2-3,6,12,15-17H2,1H3,(H,30,32). The third kappa shape index (κ3) is 6.00. The maximum atomic E-state index is 13.5. The van der Waals surface area contributed by atoms with Crippen LogP contribution in [0.3, 0.4) is 0 Å². The van der Waals surface area contributed by atoms with Crippen LogP contribution in [0, 0.1) is 0 Å². The Kier molecular flexibility index (Phi) is 8.00. The molecule has 4 rings (SSSR count). The Hall–Kier alpha value is -3.84. The number of nitrogens with one attached hydrogen (secondary N) is 2. The highest BCUT2D eigenvalue weighted by Crippen LogP contribution is 2.23. The second-order valence-electron chi connectivity index (χ2n) is 8.66. The summed E-state index contributed by atoms with van der Waals surface area (Å²) in [5, 5.41) is 12.0. The molecular weight excluding hydrogens is 442 g/mol. The average molecular weight is 474 g/mol. The molecule has 0 aliphatic carbocycles. The highest BCUT2D eigenvalue weighted by Gasteiger charge is 2.18. The van der Waals surface area contributed by atoms with Gasteiger partial charge in [-0.05, 0) is 59.9 Å². The van der Waals surface area contributed by atoms with Crippen molar-refractivity contribution in [3.8, 4) is 5.75 Å². The summed E-state index contributed by atoms with van der Waals surface area (Å²) >= 11 is 0. The number of rotatable bonds is 11. The number of methoxy groups -OCH3 is 1. The van der Waals surface area contributed by atoms with Crippen LogP contribution in [0.25, 0.3) is 21.7 Å². The second-order valence-corrected chi connectivity index (χ2v) is 8.66. The Morgan fingerprint density at radius 1 is 0.943 bits per heavy atom. The first-order chi connectivity index (χ1) is 17.1. The van der Waals surface area contributed by atoms with Crippen molar-refractivity contribution in [1.29, 1.82) is 0 Å². The van der Waals surface area contributed by atoms with E-state index in [1.165, 1.54) is 16.3 Å². The molecule has 7 heteroatoms. The molecule has 2 amide bonds. The van der Waals surface area contributed by atoms with E-state index in [0.717, 1.165) is 35.9 Å². The molecule has 1 heterocycles. The van der Waals surface area contributed by atoms with Crippen molar-refractivity contribution in [3.05, 3.63) is 78.0 Å². The minimum Gasteiger partial charge on any atom is -0.497 e. The number of carbonyl (C=O) groups excluding carboxylic acids is 2. The molecule has 0 unspecified atom stereocenters. The molecule has 0 saturated carbocycles. The predicted octanol–water partition coefficient (Wildman–Crippen LogP) is 5.08. The second kappa shape index (κ2) is 11.5. The van der Waals surface area contributed by atoms with Gasteiger partial charge in [-0.3, -0.25) is 14.8 Å². The van der Waals surface area contributed by atoms with E-state index in [-0.39, 0.29) is 18.2 Å². The van der Waals surface area contributed by atoms with Crippen LogP contribution in [0.5, 0.6) is 5.75 Å². The van der Waals surface area contributed by atoms with Gasteiger partial charge in [0.15, 0.2) is 0 Å². The zero-order valence-corrected chi connectivity index (χ0v) is 19.9. The normalized spacial score (nSPS) is 11.0. The summed E-state index contributed by atoms with van der Waals surface area (Å²) < 4.78 is 5.31. The summed E-state index contributed by atoms with van der Waals surface area (Å²) in [5.41, 5.74) is 4.31. The van der Waals surface area contributed by atoms with Gasteiger partial charge in [-0.1, -0.05) is 48.9 Å². The van der Waals surface area contributed by atoms with E-state index in [9.17, 15) is 9.59 Å². The molecule has 0 spiro atoms. The molecule has 1 aromatic heterocycles. The van der Waals surface area contributed by atoms with Crippen LogP contribution in [-0.2, 0) is 11.2 Å². The van der Waals surface area contributed by atoms with Gasteiger partial charge in [-0.2, -0.15) is 0 Å². The molecule has 7 nitrogen and oxygen atoms in total. The van der Waals surface area contributed by atoms with Crippen LogP contribution in [0.4, 0.5) is 0 Å². The number of hydroxylamine groups is 1. The van der Waals surface area contributed by atoms with E-state index in [0.29, 0.717) is 25.2 Å². The number of ether oxygens (including phenoxy) is 1. The Bertz CT molecular complexity index is 1310. The van der Waals surface area contributed by atoms with Crippen molar-refractivity contribution in [2.75, 3.05) is 20.2 Å². The maximum absolute atomic E-state index is 13.5. The SMILES string of the molecule is COc1ccc2[nH]c(C(=O)N(CCCCCC(=O)NO)CCc3cccc4ccccc34)cc2c1. The van der Waals surface area contributed by atoms with Gasteiger partial charge in [0.05, 0.1) is 7.11 Å². The van der Waals surface area contributed by atoms with Crippen LogP contribution in [0.1, 0.15) is 41.7 Å². The van der Waals surface area contributed by atoms with Crippen LogP contribution in [-0.4, -0.2) is 47.1 Å². The molecule has 0 aliphatic heterocycles. The van der Waals surface area contributed by atoms with E-state index in [4.69, 9.17) is 9.94 Å². The van der Waals surface area contributed by atoms with Gasteiger partial charge in [-0.25, -0.2) is 5.48 Å². The molecule has 0 bridgehead atoms. The monoisotopic (exact) mass is 473 g/mol. The van der Waals surface area contributed by atoms with Crippen molar-refractivity contribution >= 4 is 33.5 Å². The van der Waals surface area contributed by atoms with Crippen LogP contribution >= 0.6 is 0 Å².